The molecule has 1 aliphatic heterocycles. The number of halogens is 3. The number of hydrogen-bond acceptors (Lipinski definition) is 4. The number of carbonyl (C=O) groups excluding carboxylic acids is 1. The third kappa shape index (κ3) is 5.44. The van der Waals surface area contributed by atoms with Gasteiger partial charge < -0.3 is 4.90 Å². The van der Waals surface area contributed by atoms with E-state index < -0.39 is 21.6 Å². The molecule has 1 saturated heterocycles. The Kier molecular flexibility index (Phi) is 6.33. The number of nitrogens with zero attached hydrogens (tertiary/aromatic N) is 2. The second kappa shape index (κ2) is 7.96. The molecular weight excluding hydrogens is 369 g/mol. The predicted octanol–water partition coefficient (Wildman–Crippen LogP) is 2.17. The zero-order chi connectivity index (χ0) is 19.5. The largest absolute Gasteiger partial charge is 0.416 e. The van der Waals surface area contributed by atoms with Crippen LogP contribution in [0.25, 0.3) is 0 Å². The molecule has 1 amide bonds. The number of hydrogen-bond donors (Lipinski definition) is 0. The van der Waals surface area contributed by atoms with Crippen molar-refractivity contribution < 1.29 is 26.4 Å². The molecule has 0 aliphatic carbocycles. The summed E-state index contributed by atoms with van der Waals surface area (Å²) in [5.41, 5.74) is -0.261. The first-order chi connectivity index (χ1) is 12.0. The van der Waals surface area contributed by atoms with Gasteiger partial charge in [-0.15, -0.1) is 0 Å². The number of alkyl halides is 3. The smallest absolute Gasteiger partial charge is 0.338 e. The van der Waals surface area contributed by atoms with Gasteiger partial charge in [0.05, 0.1) is 23.6 Å². The van der Waals surface area contributed by atoms with E-state index in [1.165, 1.54) is 6.07 Å². The minimum Gasteiger partial charge on any atom is -0.338 e. The van der Waals surface area contributed by atoms with Crippen LogP contribution in [0.2, 0.25) is 0 Å². The van der Waals surface area contributed by atoms with Gasteiger partial charge in [0.2, 0.25) is 5.91 Å². The first kappa shape index (κ1) is 20.7. The molecule has 1 fully saturated rings. The number of sulfone groups is 1. The maximum Gasteiger partial charge on any atom is 0.416 e. The molecule has 2 rings (SSSR count). The van der Waals surface area contributed by atoms with E-state index in [4.69, 9.17) is 0 Å². The van der Waals surface area contributed by atoms with Crippen molar-refractivity contribution in [2.24, 2.45) is 0 Å². The van der Waals surface area contributed by atoms with Crippen LogP contribution in [0.15, 0.2) is 24.3 Å². The van der Waals surface area contributed by atoms with Crippen LogP contribution in [0.5, 0.6) is 0 Å². The molecule has 1 aromatic rings. The van der Waals surface area contributed by atoms with Crippen LogP contribution < -0.4 is 0 Å². The van der Waals surface area contributed by atoms with Gasteiger partial charge in [-0.3, -0.25) is 9.69 Å². The van der Waals surface area contributed by atoms with Gasteiger partial charge in [-0.25, -0.2) is 8.42 Å². The molecule has 0 bridgehead atoms. The molecule has 0 N–H and O–H groups in total. The maximum atomic E-state index is 12.8. The van der Waals surface area contributed by atoms with Crippen molar-refractivity contribution in [1.29, 1.82) is 0 Å². The minimum absolute atomic E-state index is 0.0145. The number of amides is 1. The van der Waals surface area contributed by atoms with E-state index in [2.05, 4.69) is 0 Å². The van der Waals surface area contributed by atoms with Crippen LogP contribution in [-0.2, 0) is 27.4 Å². The summed E-state index contributed by atoms with van der Waals surface area (Å²) in [7, 11) is -1.44. The topological polar surface area (TPSA) is 57.7 Å². The summed E-state index contributed by atoms with van der Waals surface area (Å²) >= 11 is 0. The summed E-state index contributed by atoms with van der Waals surface area (Å²) < 4.78 is 61.6. The SMILES string of the molecule is CCN(C(=O)CN(C)Cc1cccc(C(F)(F)F)c1)C1CCS(=O)(=O)C1. The number of likely N-dealkylation sites (N-methyl/N-ethyl adjacent to an activating group) is 2. The van der Waals surface area contributed by atoms with Crippen molar-refractivity contribution in [3.8, 4) is 0 Å². The van der Waals surface area contributed by atoms with Crippen LogP contribution in [0.4, 0.5) is 13.2 Å². The van der Waals surface area contributed by atoms with Gasteiger partial charge in [0, 0.05) is 19.1 Å². The first-order valence-electron chi connectivity index (χ1n) is 8.36. The van der Waals surface area contributed by atoms with E-state index in [-0.39, 0.29) is 36.5 Å². The lowest BCUT2D eigenvalue weighted by atomic mass is 10.1. The molecule has 0 saturated carbocycles. The first-order valence-corrected chi connectivity index (χ1v) is 10.2. The normalized spacial score (nSPS) is 19.7. The molecule has 1 atom stereocenters. The Morgan fingerprint density at radius 3 is 2.54 bits per heavy atom. The van der Waals surface area contributed by atoms with Crippen LogP contribution in [0.3, 0.4) is 0 Å². The van der Waals surface area contributed by atoms with Crippen LogP contribution in [0, 0.1) is 0 Å². The molecule has 0 radical (unpaired) electrons. The van der Waals surface area contributed by atoms with E-state index >= 15 is 0 Å². The Bertz CT molecular complexity index is 750. The van der Waals surface area contributed by atoms with Gasteiger partial charge >= 0.3 is 6.18 Å². The van der Waals surface area contributed by atoms with Crippen LogP contribution in [0.1, 0.15) is 24.5 Å². The molecule has 146 valence electrons. The van der Waals surface area contributed by atoms with Crippen molar-refractivity contribution in [2.45, 2.75) is 32.1 Å². The molecular formula is C17H23F3N2O3S. The lowest BCUT2D eigenvalue weighted by molar-refractivity contribution is -0.138. The van der Waals surface area contributed by atoms with Crippen molar-refractivity contribution in [1.82, 2.24) is 9.80 Å². The number of benzene rings is 1. The number of rotatable bonds is 6. The molecule has 0 spiro atoms. The third-order valence-corrected chi connectivity index (χ3v) is 6.17. The molecule has 1 heterocycles. The standard InChI is InChI=1S/C17H23F3N2O3S/c1-3-22(15-7-8-26(24,25)12-15)16(23)11-21(2)10-13-5-4-6-14(9-13)17(18,19)20/h4-6,9,15H,3,7-8,10-12H2,1-2H3. The average molecular weight is 392 g/mol. The fraction of sp³-hybridized carbons (Fsp3) is 0.588. The molecule has 9 heteroatoms. The molecule has 5 nitrogen and oxygen atoms in total. The molecule has 1 aromatic carbocycles. The zero-order valence-corrected chi connectivity index (χ0v) is 15.6. The minimum atomic E-state index is -4.41. The Balaban J connectivity index is 1.98. The summed E-state index contributed by atoms with van der Waals surface area (Å²) in [6.07, 6.45) is -3.98. The quantitative estimate of drug-likeness (QED) is 0.745. The Morgan fingerprint density at radius 2 is 2.00 bits per heavy atom. The second-order valence-electron chi connectivity index (χ2n) is 6.61. The highest BCUT2D eigenvalue weighted by atomic mass is 32.2. The molecule has 0 aromatic heterocycles. The van der Waals surface area contributed by atoms with Crippen molar-refractivity contribution >= 4 is 15.7 Å². The van der Waals surface area contributed by atoms with Gasteiger partial charge in [-0.05, 0) is 32.0 Å². The van der Waals surface area contributed by atoms with Crippen LogP contribution >= 0.6 is 0 Å². The molecule has 1 aliphatic rings. The summed E-state index contributed by atoms with van der Waals surface area (Å²) in [6, 6.07) is 4.68. The molecule has 26 heavy (non-hydrogen) atoms. The maximum absolute atomic E-state index is 12.8. The van der Waals surface area contributed by atoms with E-state index in [1.807, 2.05) is 0 Å². The van der Waals surface area contributed by atoms with Gasteiger partial charge in [0.1, 0.15) is 0 Å². The second-order valence-corrected chi connectivity index (χ2v) is 8.84. The highest BCUT2D eigenvalue weighted by Crippen LogP contribution is 2.29. The van der Waals surface area contributed by atoms with Crippen molar-refractivity contribution in [3.05, 3.63) is 35.4 Å². The Hall–Kier alpha value is -1.61. The Morgan fingerprint density at radius 1 is 1.31 bits per heavy atom. The summed E-state index contributed by atoms with van der Waals surface area (Å²) in [4.78, 5) is 15.7. The van der Waals surface area contributed by atoms with E-state index in [0.717, 1.165) is 12.1 Å². The van der Waals surface area contributed by atoms with Gasteiger partial charge in [-0.2, -0.15) is 13.2 Å². The average Bonchev–Trinajstić information content (AvgIpc) is 2.87. The van der Waals surface area contributed by atoms with E-state index in [1.54, 1.807) is 29.8 Å². The van der Waals surface area contributed by atoms with Crippen molar-refractivity contribution in [2.75, 3.05) is 31.6 Å². The summed E-state index contributed by atoms with van der Waals surface area (Å²) in [5, 5.41) is 0. The summed E-state index contributed by atoms with van der Waals surface area (Å²) in [5.74, 6) is -0.157. The van der Waals surface area contributed by atoms with E-state index in [9.17, 15) is 26.4 Å². The van der Waals surface area contributed by atoms with Crippen molar-refractivity contribution in [3.63, 3.8) is 0 Å². The van der Waals surface area contributed by atoms with Gasteiger partial charge in [0.15, 0.2) is 9.84 Å². The van der Waals surface area contributed by atoms with Crippen LogP contribution in [-0.4, -0.2) is 61.8 Å². The zero-order valence-electron chi connectivity index (χ0n) is 14.8. The Labute approximate surface area is 151 Å². The van der Waals surface area contributed by atoms with E-state index in [0.29, 0.717) is 18.5 Å². The summed E-state index contributed by atoms with van der Waals surface area (Å²) in [6.45, 7) is 2.39. The number of carbonyl (C=O) groups is 1. The lowest BCUT2D eigenvalue weighted by Crippen LogP contribution is -2.45. The highest BCUT2D eigenvalue weighted by molar-refractivity contribution is 7.91. The third-order valence-electron chi connectivity index (χ3n) is 4.42. The monoisotopic (exact) mass is 392 g/mol. The fourth-order valence-corrected chi connectivity index (χ4v) is 4.93. The lowest BCUT2D eigenvalue weighted by Gasteiger charge is -2.29. The van der Waals surface area contributed by atoms with Gasteiger partial charge in [-0.1, -0.05) is 18.2 Å². The fourth-order valence-electron chi connectivity index (χ4n) is 3.19. The molecule has 1 unspecified atom stereocenters. The highest BCUT2D eigenvalue weighted by Gasteiger charge is 2.34. The van der Waals surface area contributed by atoms with Gasteiger partial charge in [0.25, 0.3) is 0 Å². The predicted molar refractivity (Wildman–Crippen MR) is 92.2 cm³/mol.